The molecule has 0 aliphatic carbocycles. The first-order chi connectivity index (χ1) is 10.2. The first-order valence-electron chi connectivity index (χ1n) is 6.36. The predicted octanol–water partition coefficient (Wildman–Crippen LogP) is 2.16. The highest BCUT2D eigenvalue weighted by molar-refractivity contribution is 7.91. The zero-order valence-corrected chi connectivity index (χ0v) is 11.9. The van der Waals surface area contributed by atoms with Gasteiger partial charge in [-0.05, 0) is 29.8 Å². The van der Waals surface area contributed by atoms with Crippen molar-refractivity contribution in [1.29, 1.82) is 0 Å². The topological polar surface area (TPSA) is 64.8 Å². The Hall–Kier alpha value is -2.47. The molecule has 0 saturated heterocycles. The number of pyridine rings is 1. The Bertz CT molecular complexity index is 811. The minimum Gasteiger partial charge on any atom is -0.333 e. The molecule has 106 valence electrons. The van der Waals surface area contributed by atoms with Gasteiger partial charge in [-0.25, -0.2) is 13.4 Å². The standard InChI is InChI=1S/C15H13N3O2S/c19-21(20,15-2-1-7-16-10-15)14-5-3-13(4-6-14)11-18-9-8-17-12-18/h1-10,12H,11H2. The summed E-state index contributed by atoms with van der Waals surface area (Å²) in [7, 11) is -3.50. The van der Waals surface area contributed by atoms with Crippen molar-refractivity contribution in [2.45, 2.75) is 16.3 Å². The molecule has 0 saturated carbocycles. The number of sulfone groups is 1. The van der Waals surface area contributed by atoms with E-state index in [1.54, 1.807) is 43.0 Å². The number of imidazole rings is 1. The third-order valence-corrected chi connectivity index (χ3v) is 4.86. The van der Waals surface area contributed by atoms with E-state index in [1.165, 1.54) is 6.20 Å². The number of hydrogen-bond acceptors (Lipinski definition) is 4. The molecule has 0 atom stereocenters. The largest absolute Gasteiger partial charge is 0.333 e. The molecule has 1 aromatic carbocycles. The van der Waals surface area contributed by atoms with Crippen LogP contribution in [0.2, 0.25) is 0 Å². The molecule has 0 aliphatic rings. The molecule has 21 heavy (non-hydrogen) atoms. The van der Waals surface area contributed by atoms with Crippen molar-refractivity contribution in [3.63, 3.8) is 0 Å². The van der Waals surface area contributed by atoms with Crippen molar-refractivity contribution < 1.29 is 8.42 Å². The quantitative estimate of drug-likeness (QED) is 0.740. The van der Waals surface area contributed by atoms with Crippen molar-refractivity contribution in [3.8, 4) is 0 Å². The van der Waals surface area contributed by atoms with E-state index in [2.05, 4.69) is 9.97 Å². The van der Waals surface area contributed by atoms with Crippen LogP contribution in [-0.2, 0) is 16.4 Å². The smallest absolute Gasteiger partial charge is 0.208 e. The van der Waals surface area contributed by atoms with Gasteiger partial charge in [0.15, 0.2) is 0 Å². The van der Waals surface area contributed by atoms with E-state index < -0.39 is 9.84 Å². The van der Waals surface area contributed by atoms with Crippen LogP contribution >= 0.6 is 0 Å². The van der Waals surface area contributed by atoms with Gasteiger partial charge in [-0.3, -0.25) is 4.98 Å². The highest BCUT2D eigenvalue weighted by Gasteiger charge is 2.17. The summed E-state index contributed by atoms with van der Waals surface area (Å²) >= 11 is 0. The second-order valence-electron chi connectivity index (χ2n) is 4.57. The van der Waals surface area contributed by atoms with Gasteiger partial charge in [0.05, 0.1) is 16.1 Å². The van der Waals surface area contributed by atoms with Crippen LogP contribution in [0.5, 0.6) is 0 Å². The summed E-state index contributed by atoms with van der Waals surface area (Å²) in [6.45, 7) is 0.660. The van der Waals surface area contributed by atoms with E-state index in [-0.39, 0.29) is 9.79 Å². The zero-order valence-electron chi connectivity index (χ0n) is 11.1. The zero-order chi connectivity index (χ0) is 14.7. The van der Waals surface area contributed by atoms with Crippen molar-refractivity contribution in [1.82, 2.24) is 14.5 Å². The second kappa shape index (κ2) is 5.49. The maximum absolute atomic E-state index is 12.4. The monoisotopic (exact) mass is 299 g/mol. The molecular weight excluding hydrogens is 286 g/mol. The fourth-order valence-corrected chi connectivity index (χ4v) is 3.23. The lowest BCUT2D eigenvalue weighted by atomic mass is 10.2. The van der Waals surface area contributed by atoms with E-state index in [4.69, 9.17) is 0 Å². The molecule has 3 rings (SSSR count). The maximum atomic E-state index is 12.4. The number of rotatable bonds is 4. The maximum Gasteiger partial charge on any atom is 0.208 e. The molecule has 2 heterocycles. The van der Waals surface area contributed by atoms with Crippen LogP contribution in [-0.4, -0.2) is 23.0 Å². The summed E-state index contributed by atoms with van der Waals surface area (Å²) in [4.78, 5) is 8.30. The van der Waals surface area contributed by atoms with Crippen molar-refractivity contribution in [2.24, 2.45) is 0 Å². The Morgan fingerprint density at radius 1 is 0.952 bits per heavy atom. The average molecular weight is 299 g/mol. The molecule has 0 aliphatic heterocycles. The summed E-state index contributed by atoms with van der Waals surface area (Å²) in [6.07, 6.45) is 8.20. The normalized spacial score (nSPS) is 11.4. The first-order valence-corrected chi connectivity index (χ1v) is 7.84. The van der Waals surface area contributed by atoms with Gasteiger partial charge in [0, 0.05) is 31.3 Å². The molecule has 0 N–H and O–H groups in total. The van der Waals surface area contributed by atoms with Crippen LogP contribution in [0.25, 0.3) is 0 Å². The fourth-order valence-electron chi connectivity index (χ4n) is 2.01. The number of nitrogens with zero attached hydrogens (tertiary/aromatic N) is 3. The van der Waals surface area contributed by atoms with Gasteiger partial charge in [0.2, 0.25) is 9.84 Å². The molecule has 0 amide bonds. The minimum atomic E-state index is -3.50. The van der Waals surface area contributed by atoms with E-state index in [0.717, 1.165) is 5.56 Å². The Morgan fingerprint density at radius 3 is 2.38 bits per heavy atom. The molecule has 0 spiro atoms. The van der Waals surface area contributed by atoms with Gasteiger partial charge in [0.25, 0.3) is 0 Å². The lowest BCUT2D eigenvalue weighted by molar-refractivity contribution is 0.595. The minimum absolute atomic E-state index is 0.201. The molecule has 3 aromatic rings. The van der Waals surface area contributed by atoms with Crippen LogP contribution in [0.15, 0.2) is 77.3 Å². The van der Waals surface area contributed by atoms with Crippen molar-refractivity contribution >= 4 is 9.84 Å². The second-order valence-corrected chi connectivity index (χ2v) is 6.52. The molecular formula is C15H13N3O2S. The molecule has 0 bridgehead atoms. The Kier molecular flexibility index (Phi) is 3.53. The highest BCUT2D eigenvalue weighted by atomic mass is 32.2. The predicted molar refractivity (Wildman–Crippen MR) is 77.5 cm³/mol. The molecule has 5 nitrogen and oxygen atoms in total. The lowest BCUT2D eigenvalue weighted by Gasteiger charge is -2.06. The fraction of sp³-hybridized carbons (Fsp3) is 0.0667. The van der Waals surface area contributed by atoms with Crippen molar-refractivity contribution in [3.05, 3.63) is 73.1 Å². The molecule has 0 fully saturated rings. The van der Waals surface area contributed by atoms with E-state index in [1.807, 2.05) is 22.9 Å². The van der Waals surface area contributed by atoms with Crippen LogP contribution < -0.4 is 0 Å². The van der Waals surface area contributed by atoms with E-state index in [0.29, 0.717) is 6.54 Å². The lowest BCUT2D eigenvalue weighted by Crippen LogP contribution is -2.03. The van der Waals surface area contributed by atoms with Crippen LogP contribution in [0.3, 0.4) is 0 Å². The summed E-state index contributed by atoms with van der Waals surface area (Å²) in [5.74, 6) is 0. The number of hydrogen-bond donors (Lipinski definition) is 0. The van der Waals surface area contributed by atoms with Gasteiger partial charge in [-0.15, -0.1) is 0 Å². The van der Waals surface area contributed by atoms with Gasteiger partial charge in [-0.1, -0.05) is 12.1 Å². The average Bonchev–Trinajstić information content (AvgIpc) is 3.02. The Balaban J connectivity index is 1.87. The molecule has 6 heteroatoms. The van der Waals surface area contributed by atoms with Crippen molar-refractivity contribution in [2.75, 3.05) is 0 Å². The number of benzene rings is 1. The first kappa shape index (κ1) is 13.5. The van der Waals surface area contributed by atoms with Gasteiger partial charge >= 0.3 is 0 Å². The Morgan fingerprint density at radius 2 is 1.76 bits per heavy atom. The third kappa shape index (κ3) is 2.85. The van der Waals surface area contributed by atoms with Gasteiger partial charge in [0.1, 0.15) is 0 Å². The Labute approximate surface area is 122 Å². The third-order valence-electron chi connectivity index (χ3n) is 3.10. The van der Waals surface area contributed by atoms with Gasteiger partial charge < -0.3 is 4.57 Å². The van der Waals surface area contributed by atoms with E-state index in [9.17, 15) is 8.42 Å². The summed E-state index contributed by atoms with van der Waals surface area (Å²) in [6, 6.07) is 10.0. The molecule has 0 radical (unpaired) electrons. The van der Waals surface area contributed by atoms with Gasteiger partial charge in [-0.2, -0.15) is 0 Å². The van der Waals surface area contributed by atoms with E-state index >= 15 is 0 Å². The van der Waals surface area contributed by atoms with Crippen LogP contribution in [0, 0.1) is 0 Å². The summed E-state index contributed by atoms with van der Waals surface area (Å²) in [5, 5.41) is 0. The van der Waals surface area contributed by atoms with Crippen LogP contribution in [0.1, 0.15) is 5.56 Å². The summed E-state index contributed by atoms with van der Waals surface area (Å²) in [5.41, 5.74) is 1.01. The highest BCUT2D eigenvalue weighted by Crippen LogP contribution is 2.20. The molecule has 0 unspecified atom stereocenters. The summed E-state index contributed by atoms with van der Waals surface area (Å²) < 4.78 is 26.7. The molecule has 2 aromatic heterocycles. The SMILES string of the molecule is O=S(=O)(c1ccc(Cn2ccnc2)cc1)c1cccnc1. The number of aromatic nitrogens is 3. The van der Waals surface area contributed by atoms with Crippen LogP contribution in [0.4, 0.5) is 0 Å².